The molecule has 100 valence electrons. The fourth-order valence-electron chi connectivity index (χ4n) is 1.61. The maximum Gasteiger partial charge on any atom is 0.241 e. The summed E-state index contributed by atoms with van der Waals surface area (Å²) in [5, 5.41) is 7.27. The lowest BCUT2D eigenvalue weighted by atomic mass is 10.2. The molecule has 0 saturated carbocycles. The fraction of sp³-hybridized carbons (Fsp3) is 0.231. The molecule has 5 nitrogen and oxygen atoms in total. The quantitative estimate of drug-likeness (QED) is 0.909. The van der Waals surface area contributed by atoms with Crippen molar-refractivity contribution in [3.8, 4) is 5.75 Å². The topological polar surface area (TPSA) is 56.1 Å². The van der Waals surface area contributed by atoms with Crippen LogP contribution in [0.5, 0.6) is 5.75 Å². The first-order chi connectivity index (χ1) is 9.17. The summed E-state index contributed by atoms with van der Waals surface area (Å²) in [6.07, 6.45) is 3.10. The minimum absolute atomic E-state index is 0.123. The number of carbonyl (C=O) groups excluding carboxylic acids is 1. The van der Waals surface area contributed by atoms with Gasteiger partial charge in [-0.25, -0.2) is 0 Å². The maximum absolute atomic E-state index is 11.7. The van der Waals surface area contributed by atoms with Crippen LogP contribution < -0.4 is 10.1 Å². The first-order valence-corrected chi connectivity index (χ1v) is 6.13. The molecule has 2 rings (SSSR count). The van der Waals surface area contributed by atoms with Crippen molar-refractivity contribution in [1.29, 1.82) is 0 Å². The van der Waals surface area contributed by atoms with E-state index in [4.69, 9.17) is 16.3 Å². The largest absolute Gasteiger partial charge is 0.497 e. The molecule has 19 heavy (non-hydrogen) atoms. The van der Waals surface area contributed by atoms with E-state index in [1.165, 1.54) is 10.9 Å². The summed E-state index contributed by atoms with van der Waals surface area (Å²) in [6, 6.07) is 7.54. The van der Waals surface area contributed by atoms with Gasteiger partial charge >= 0.3 is 0 Å². The molecular weight excluding hydrogens is 266 g/mol. The molecule has 1 aromatic heterocycles. The summed E-state index contributed by atoms with van der Waals surface area (Å²) < 4.78 is 6.61. The number of hydrogen-bond acceptors (Lipinski definition) is 3. The zero-order valence-corrected chi connectivity index (χ0v) is 11.2. The van der Waals surface area contributed by atoms with Crippen molar-refractivity contribution in [2.45, 2.75) is 13.1 Å². The lowest BCUT2D eigenvalue weighted by molar-refractivity contribution is -0.122. The van der Waals surface area contributed by atoms with Crippen molar-refractivity contribution >= 4 is 17.5 Å². The van der Waals surface area contributed by atoms with E-state index in [0.717, 1.165) is 11.3 Å². The zero-order valence-electron chi connectivity index (χ0n) is 10.5. The Morgan fingerprint density at radius 3 is 3.05 bits per heavy atom. The van der Waals surface area contributed by atoms with Crippen LogP contribution in [0, 0.1) is 0 Å². The smallest absolute Gasteiger partial charge is 0.241 e. The van der Waals surface area contributed by atoms with Gasteiger partial charge in [-0.3, -0.25) is 9.48 Å². The summed E-state index contributed by atoms with van der Waals surface area (Å²) in [5.41, 5.74) is 0.978. The molecule has 0 fully saturated rings. The van der Waals surface area contributed by atoms with Crippen LogP contribution in [0.3, 0.4) is 0 Å². The van der Waals surface area contributed by atoms with Crippen LogP contribution in [-0.4, -0.2) is 22.8 Å². The van der Waals surface area contributed by atoms with Gasteiger partial charge in [0.1, 0.15) is 12.3 Å². The lowest BCUT2D eigenvalue weighted by Gasteiger charge is -2.07. The van der Waals surface area contributed by atoms with E-state index in [-0.39, 0.29) is 12.5 Å². The summed E-state index contributed by atoms with van der Waals surface area (Å²) in [7, 11) is 1.61. The maximum atomic E-state index is 11.7. The Kier molecular flexibility index (Phi) is 4.41. The van der Waals surface area contributed by atoms with Gasteiger partial charge in [-0.2, -0.15) is 5.10 Å². The third kappa shape index (κ3) is 3.99. The van der Waals surface area contributed by atoms with Crippen LogP contribution in [0.2, 0.25) is 5.02 Å². The molecule has 6 heteroatoms. The van der Waals surface area contributed by atoms with E-state index in [1.807, 2.05) is 24.3 Å². The molecule has 0 spiro atoms. The van der Waals surface area contributed by atoms with Crippen LogP contribution >= 0.6 is 11.6 Å². The number of rotatable bonds is 5. The molecule has 1 amide bonds. The standard InChI is InChI=1S/C13H14ClN3O2/c1-19-12-4-2-3-10(5-12)6-15-13(18)9-17-8-11(14)7-16-17/h2-5,7-8H,6,9H2,1H3,(H,15,18). The van der Waals surface area contributed by atoms with Crippen LogP contribution in [0.25, 0.3) is 0 Å². The highest BCUT2D eigenvalue weighted by molar-refractivity contribution is 6.30. The fourth-order valence-corrected chi connectivity index (χ4v) is 1.77. The lowest BCUT2D eigenvalue weighted by Crippen LogP contribution is -2.27. The van der Waals surface area contributed by atoms with Crippen molar-refractivity contribution in [2.75, 3.05) is 7.11 Å². The molecule has 1 N–H and O–H groups in total. The minimum Gasteiger partial charge on any atom is -0.497 e. The molecule has 0 bridgehead atoms. The van der Waals surface area contributed by atoms with Crippen LogP contribution in [0.15, 0.2) is 36.7 Å². The summed E-state index contributed by atoms with van der Waals surface area (Å²) >= 11 is 5.72. The Balaban J connectivity index is 1.86. The normalized spacial score (nSPS) is 10.2. The monoisotopic (exact) mass is 279 g/mol. The summed E-state index contributed by atoms with van der Waals surface area (Å²) in [4.78, 5) is 11.7. The summed E-state index contributed by atoms with van der Waals surface area (Å²) in [5.74, 6) is 0.646. The number of ether oxygens (including phenoxy) is 1. The number of carbonyl (C=O) groups is 1. The predicted octanol–water partition coefficient (Wildman–Crippen LogP) is 1.86. The highest BCUT2D eigenvalue weighted by Crippen LogP contribution is 2.12. The number of nitrogens with one attached hydrogen (secondary N) is 1. The molecule has 1 heterocycles. The number of nitrogens with zero attached hydrogens (tertiary/aromatic N) is 2. The van der Waals surface area contributed by atoms with Gasteiger partial charge < -0.3 is 10.1 Å². The van der Waals surface area contributed by atoms with Gasteiger partial charge in [0, 0.05) is 12.7 Å². The number of methoxy groups -OCH3 is 1. The summed E-state index contributed by atoms with van der Waals surface area (Å²) in [6.45, 7) is 0.599. The van der Waals surface area contributed by atoms with Crippen LogP contribution in [0.4, 0.5) is 0 Å². The SMILES string of the molecule is COc1cccc(CNC(=O)Cn2cc(Cl)cn2)c1. The van der Waals surface area contributed by atoms with Crippen LogP contribution in [0.1, 0.15) is 5.56 Å². The molecule has 0 saturated heterocycles. The van der Waals surface area contributed by atoms with Crippen molar-refractivity contribution in [3.05, 3.63) is 47.2 Å². The van der Waals surface area contributed by atoms with E-state index in [1.54, 1.807) is 13.3 Å². The Bertz CT molecular complexity index is 569. The molecule has 2 aromatic rings. The second kappa shape index (κ2) is 6.24. The van der Waals surface area contributed by atoms with E-state index >= 15 is 0 Å². The van der Waals surface area contributed by atoms with Crippen molar-refractivity contribution in [2.24, 2.45) is 0 Å². The molecule has 0 unspecified atom stereocenters. The zero-order chi connectivity index (χ0) is 13.7. The Morgan fingerprint density at radius 2 is 2.37 bits per heavy atom. The number of aromatic nitrogens is 2. The van der Waals surface area contributed by atoms with Gasteiger partial charge in [0.15, 0.2) is 0 Å². The van der Waals surface area contributed by atoms with Crippen molar-refractivity contribution < 1.29 is 9.53 Å². The predicted molar refractivity (Wildman–Crippen MR) is 72.1 cm³/mol. The number of benzene rings is 1. The van der Waals surface area contributed by atoms with Gasteiger partial charge in [0.25, 0.3) is 0 Å². The molecule has 0 atom stereocenters. The molecular formula is C13H14ClN3O2. The highest BCUT2D eigenvalue weighted by Gasteiger charge is 2.04. The second-order valence-corrected chi connectivity index (χ2v) is 4.42. The molecule has 0 aliphatic carbocycles. The Labute approximate surface area is 116 Å². The molecule has 1 aromatic carbocycles. The van der Waals surface area contributed by atoms with E-state index in [0.29, 0.717) is 11.6 Å². The first-order valence-electron chi connectivity index (χ1n) is 5.75. The van der Waals surface area contributed by atoms with E-state index < -0.39 is 0 Å². The number of amides is 1. The van der Waals surface area contributed by atoms with Gasteiger partial charge in [-0.05, 0) is 17.7 Å². The third-order valence-electron chi connectivity index (χ3n) is 2.53. The van der Waals surface area contributed by atoms with E-state index in [9.17, 15) is 4.79 Å². The Hall–Kier alpha value is -2.01. The van der Waals surface area contributed by atoms with Gasteiger partial charge in [-0.1, -0.05) is 23.7 Å². The van der Waals surface area contributed by atoms with Crippen LogP contribution in [-0.2, 0) is 17.9 Å². The highest BCUT2D eigenvalue weighted by atomic mass is 35.5. The third-order valence-corrected chi connectivity index (χ3v) is 2.73. The second-order valence-electron chi connectivity index (χ2n) is 3.98. The average Bonchev–Trinajstić information content (AvgIpc) is 2.82. The minimum atomic E-state index is -0.123. The average molecular weight is 280 g/mol. The van der Waals surface area contributed by atoms with Gasteiger partial charge in [0.05, 0.1) is 18.3 Å². The van der Waals surface area contributed by atoms with Gasteiger partial charge in [-0.15, -0.1) is 0 Å². The number of hydrogen-bond donors (Lipinski definition) is 1. The van der Waals surface area contributed by atoms with Crippen molar-refractivity contribution in [1.82, 2.24) is 15.1 Å². The molecule has 0 radical (unpaired) electrons. The Morgan fingerprint density at radius 1 is 1.53 bits per heavy atom. The molecule has 0 aliphatic rings. The van der Waals surface area contributed by atoms with Gasteiger partial charge in [0.2, 0.25) is 5.91 Å². The van der Waals surface area contributed by atoms with E-state index in [2.05, 4.69) is 10.4 Å². The molecule has 0 aliphatic heterocycles. The first kappa shape index (κ1) is 13.4. The number of halogens is 1. The van der Waals surface area contributed by atoms with Crippen molar-refractivity contribution in [3.63, 3.8) is 0 Å².